The molecule has 186 valence electrons. The van der Waals surface area contributed by atoms with Gasteiger partial charge in [0.25, 0.3) is 11.8 Å². The molecule has 2 atom stereocenters. The molecule has 2 N–H and O–H groups in total. The minimum Gasteiger partial charge on any atom is -0.272 e. The molecule has 0 aromatic carbocycles. The van der Waals surface area contributed by atoms with Gasteiger partial charge in [0.1, 0.15) is 0 Å². The third-order valence-corrected chi connectivity index (χ3v) is 7.78. The zero-order valence-electron chi connectivity index (χ0n) is 20.6. The summed E-state index contributed by atoms with van der Waals surface area (Å²) < 4.78 is 1.37. The summed E-state index contributed by atoms with van der Waals surface area (Å²) in [6.07, 6.45) is 7.59. The maximum Gasteiger partial charge on any atom is 0.253 e. The van der Waals surface area contributed by atoms with Crippen molar-refractivity contribution in [1.29, 1.82) is 0 Å². The highest BCUT2D eigenvalue weighted by atomic mass is 32.2. The SMILES string of the molecule is CCCC(CCC)=NNC(=O)[C@H](C)Sc1nnc(S[C@@H](C)C(=O)NN=C(CCC)CCC)s1. The van der Waals surface area contributed by atoms with E-state index in [-0.39, 0.29) is 22.3 Å². The maximum absolute atomic E-state index is 12.4. The van der Waals surface area contributed by atoms with E-state index >= 15 is 0 Å². The lowest BCUT2D eigenvalue weighted by molar-refractivity contribution is -0.121. The summed E-state index contributed by atoms with van der Waals surface area (Å²) in [7, 11) is 0. The maximum atomic E-state index is 12.4. The van der Waals surface area contributed by atoms with Crippen LogP contribution in [0.4, 0.5) is 0 Å². The molecule has 0 saturated carbocycles. The summed E-state index contributed by atoms with van der Waals surface area (Å²) in [5.74, 6) is -0.315. The van der Waals surface area contributed by atoms with Gasteiger partial charge in [-0.25, -0.2) is 10.9 Å². The molecule has 1 aromatic heterocycles. The molecule has 0 bridgehead atoms. The highest BCUT2D eigenvalue weighted by Crippen LogP contribution is 2.33. The predicted octanol–water partition coefficient (Wildman–Crippen LogP) is 5.64. The van der Waals surface area contributed by atoms with E-state index < -0.39 is 0 Å². The second-order valence-electron chi connectivity index (χ2n) is 7.66. The summed E-state index contributed by atoms with van der Waals surface area (Å²) >= 11 is 4.06. The number of amides is 2. The van der Waals surface area contributed by atoms with Crippen molar-refractivity contribution < 1.29 is 9.59 Å². The number of carbonyl (C=O) groups is 2. The first-order valence-electron chi connectivity index (χ1n) is 11.7. The van der Waals surface area contributed by atoms with Gasteiger partial charge in [-0.15, -0.1) is 10.2 Å². The molecule has 1 heterocycles. The average molecular weight is 515 g/mol. The van der Waals surface area contributed by atoms with Crippen LogP contribution < -0.4 is 10.9 Å². The van der Waals surface area contributed by atoms with Gasteiger partial charge in [-0.2, -0.15) is 10.2 Å². The van der Waals surface area contributed by atoms with Crippen LogP contribution in [0, 0.1) is 0 Å². The number of rotatable bonds is 16. The molecule has 0 unspecified atom stereocenters. The Morgan fingerprint density at radius 2 is 1.09 bits per heavy atom. The van der Waals surface area contributed by atoms with Crippen LogP contribution in [0.5, 0.6) is 0 Å². The van der Waals surface area contributed by atoms with Crippen molar-refractivity contribution in [3.05, 3.63) is 0 Å². The van der Waals surface area contributed by atoms with Crippen LogP contribution in [0.2, 0.25) is 0 Å². The molecule has 0 aliphatic carbocycles. The number of hydrogen-bond acceptors (Lipinski definition) is 9. The summed E-state index contributed by atoms with van der Waals surface area (Å²) in [6, 6.07) is 0. The van der Waals surface area contributed by atoms with Crippen molar-refractivity contribution in [3.8, 4) is 0 Å². The topological polar surface area (TPSA) is 109 Å². The molecule has 11 heteroatoms. The third kappa shape index (κ3) is 12.0. The van der Waals surface area contributed by atoms with E-state index in [2.05, 4.69) is 58.9 Å². The Hall–Kier alpha value is -1.46. The second kappa shape index (κ2) is 17.0. The molecule has 2 amide bonds. The van der Waals surface area contributed by atoms with E-state index in [9.17, 15) is 9.59 Å². The van der Waals surface area contributed by atoms with Crippen LogP contribution in [0.15, 0.2) is 18.9 Å². The van der Waals surface area contributed by atoms with Gasteiger partial charge in [-0.3, -0.25) is 9.59 Å². The Balaban J connectivity index is 2.58. The quantitative estimate of drug-likeness (QED) is 0.168. The van der Waals surface area contributed by atoms with Crippen LogP contribution in [0.25, 0.3) is 0 Å². The molecule has 0 saturated heterocycles. The van der Waals surface area contributed by atoms with Crippen molar-refractivity contribution in [3.63, 3.8) is 0 Å². The predicted molar refractivity (Wildman–Crippen MR) is 141 cm³/mol. The molecular weight excluding hydrogens is 476 g/mol. The number of hydrazone groups is 2. The normalized spacial score (nSPS) is 12.5. The van der Waals surface area contributed by atoms with Crippen LogP contribution in [-0.2, 0) is 9.59 Å². The van der Waals surface area contributed by atoms with Gasteiger partial charge in [-0.1, -0.05) is 88.2 Å². The zero-order valence-corrected chi connectivity index (χ0v) is 23.1. The first kappa shape index (κ1) is 29.6. The third-order valence-electron chi connectivity index (χ3n) is 4.48. The van der Waals surface area contributed by atoms with Crippen LogP contribution in [0.1, 0.15) is 92.9 Å². The minimum absolute atomic E-state index is 0.158. The smallest absolute Gasteiger partial charge is 0.253 e. The summed E-state index contributed by atoms with van der Waals surface area (Å²) in [5.41, 5.74) is 7.41. The molecule has 0 fully saturated rings. The van der Waals surface area contributed by atoms with E-state index in [0.29, 0.717) is 8.68 Å². The minimum atomic E-state index is -0.352. The lowest BCUT2D eigenvalue weighted by Gasteiger charge is -2.09. The van der Waals surface area contributed by atoms with Gasteiger partial charge in [0, 0.05) is 11.4 Å². The fraction of sp³-hybridized carbons (Fsp3) is 0.727. The fourth-order valence-corrected chi connectivity index (χ4v) is 6.08. The number of aromatic nitrogens is 2. The largest absolute Gasteiger partial charge is 0.272 e. The highest BCUT2D eigenvalue weighted by molar-refractivity contribution is 8.04. The zero-order chi connectivity index (χ0) is 24.6. The molecule has 0 aliphatic heterocycles. The van der Waals surface area contributed by atoms with Gasteiger partial charge in [0.2, 0.25) is 0 Å². The number of carbonyl (C=O) groups excluding carboxylic acids is 2. The second-order valence-corrected chi connectivity index (χ2v) is 11.8. The van der Waals surface area contributed by atoms with E-state index in [4.69, 9.17) is 0 Å². The Morgan fingerprint density at radius 3 is 1.39 bits per heavy atom. The van der Waals surface area contributed by atoms with E-state index in [1.165, 1.54) is 34.9 Å². The highest BCUT2D eigenvalue weighted by Gasteiger charge is 2.20. The van der Waals surface area contributed by atoms with Gasteiger partial charge in [0.15, 0.2) is 8.68 Å². The Kier molecular flexibility index (Phi) is 15.3. The first-order valence-corrected chi connectivity index (χ1v) is 14.3. The lowest BCUT2D eigenvalue weighted by atomic mass is 10.1. The molecule has 0 spiro atoms. The molecule has 0 radical (unpaired) electrons. The summed E-state index contributed by atoms with van der Waals surface area (Å²) in [5, 5.41) is 16.2. The van der Waals surface area contributed by atoms with Gasteiger partial charge >= 0.3 is 0 Å². The van der Waals surface area contributed by atoms with Gasteiger partial charge < -0.3 is 0 Å². The van der Waals surface area contributed by atoms with Crippen molar-refractivity contribution >= 4 is 58.1 Å². The molecule has 33 heavy (non-hydrogen) atoms. The van der Waals surface area contributed by atoms with Gasteiger partial charge in [-0.05, 0) is 39.5 Å². The van der Waals surface area contributed by atoms with E-state index in [0.717, 1.165) is 62.8 Å². The first-order chi connectivity index (χ1) is 15.8. The lowest BCUT2D eigenvalue weighted by Crippen LogP contribution is -2.28. The fourth-order valence-electron chi connectivity index (χ4n) is 2.78. The van der Waals surface area contributed by atoms with Crippen molar-refractivity contribution in [2.24, 2.45) is 10.2 Å². The van der Waals surface area contributed by atoms with Crippen molar-refractivity contribution in [2.75, 3.05) is 0 Å². The molecular formula is C22H38N6O2S3. The molecule has 0 aliphatic rings. The monoisotopic (exact) mass is 514 g/mol. The van der Waals surface area contributed by atoms with Crippen molar-refractivity contribution in [2.45, 2.75) is 112 Å². The summed E-state index contributed by atoms with van der Waals surface area (Å²) in [4.78, 5) is 24.8. The van der Waals surface area contributed by atoms with Gasteiger partial charge in [0.05, 0.1) is 10.5 Å². The molecule has 8 nitrogen and oxygen atoms in total. The Morgan fingerprint density at radius 1 is 0.758 bits per heavy atom. The van der Waals surface area contributed by atoms with Crippen molar-refractivity contribution in [1.82, 2.24) is 21.0 Å². The standard InChI is InChI=1S/C22H38N6O2S3/c1-7-11-17(12-8-2)23-25-19(29)15(5)31-21-27-28-22(33-21)32-16(6)20(30)26-24-18(13-9-3)14-10-4/h15-16H,7-14H2,1-6H3,(H,25,29)(H,26,30)/t15-,16-/m0/s1. The Labute approximate surface area is 210 Å². The average Bonchev–Trinajstić information content (AvgIpc) is 3.22. The van der Waals surface area contributed by atoms with E-state index in [1.807, 2.05) is 13.8 Å². The Bertz CT molecular complexity index is 718. The number of nitrogens with zero attached hydrogens (tertiary/aromatic N) is 4. The number of thioether (sulfide) groups is 2. The van der Waals surface area contributed by atoms with Crippen LogP contribution >= 0.6 is 34.9 Å². The summed E-state index contributed by atoms with van der Waals surface area (Å²) in [6.45, 7) is 12.0. The number of hydrogen-bond donors (Lipinski definition) is 2. The number of nitrogens with one attached hydrogen (secondary N) is 2. The van der Waals surface area contributed by atoms with E-state index in [1.54, 1.807) is 0 Å². The van der Waals surface area contributed by atoms with Crippen LogP contribution in [-0.4, -0.2) is 43.9 Å². The van der Waals surface area contributed by atoms with Crippen LogP contribution in [0.3, 0.4) is 0 Å². The molecule has 1 rings (SSSR count). The molecule has 1 aromatic rings.